The Labute approximate surface area is 162 Å². The zero-order valence-electron chi connectivity index (χ0n) is 15.7. The van der Waals surface area contributed by atoms with Crippen molar-refractivity contribution in [2.45, 2.75) is 26.2 Å². The first-order valence-corrected chi connectivity index (χ1v) is 9.43. The molecule has 1 aromatic heterocycles. The van der Waals surface area contributed by atoms with Gasteiger partial charge in [0.15, 0.2) is 5.82 Å². The lowest BCUT2D eigenvalue weighted by Gasteiger charge is -2.29. The number of nitrogens with zero attached hydrogens (tertiary/aromatic N) is 2. The van der Waals surface area contributed by atoms with Crippen molar-refractivity contribution >= 4 is 17.3 Å². The number of amides is 1. The number of nitrogens with one attached hydrogen (secondary N) is 2. The number of aromatic amines is 1. The van der Waals surface area contributed by atoms with Crippen LogP contribution in [0.2, 0.25) is 0 Å². The molecule has 0 spiro atoms. The molecule has 0 unspecified atom stereocenters. The van der Waals surface area contributed by atoms with E-state index in [9.17, 15) is 9.59 Å². The number of aromatic nitrogens is 2. The molecule has 0 bridgehead atoms. The molecule has 2 heterocycles. The fourth-order valence-corrected chi connectivity index (χ4v) is 3.50. The van der Waals surface area contributed by atoms with Crippen LogP contribution in [-0.4, -0.2) is 29.1 Å². The quantitative estimate of drug-likeness (QED) is 0.724. The fraction of sp³-hybridized carbons (Fsp3) is 0.286. The van der Waals surface area contributed by atoms with Crippen LogP contribution in [0.3, 0.4) is 0 Å². The van der Waals surface area contributed by atoms with Crippen molar-refractivity contribution in [3.8, 4) is 11.4 Å². The number of aryl methyl sites for hydroxylation is 1. The van der Waals surface area contributed by atoms with Gasteiger partial charge in [0, 0.05) is 29.9 Å². The molecule has 1 aliphatic heterocycles. The molecule has 0 aliphatic carbocycles. The van der Waals surface area contributed by atoms with Gasteiger partial charge in [-0.3, -0.25) is 14.3 Å². The summed E-state index contributed by atoms with van der Waals surface area (Å²) in [6.07, 6.45) is 3.62. The Morgan fingerprint density at radius 1 is 1.14 bits per heavy atom. The number of benzene rings is 2. The summed E-state index contributed by atoms with van der Waals surface area (Å²) in [5, 5.41) is 6.68. The number of hydrogen-bond donors (Lipinski definition) is 2. The maximum absolute atomic E-state index is 12.9. The first kappa shape index (κ1) is 18.0. The highest BCUT2D eigenvalue weighted by atomic mass is 16.5. The fourth-order valence-electron chi connectivity index (χ4n) is 3.50. The Hall–Kier alpha value is -3.35. The van der Waals surface area contributed by atoms with Gasteiger partial charge in [-0.15, -0.1) is 0 Å². The number of anilines is 2. The number of carbonyl (C=O) groups is 1. The highest BCUT2D eigenvalue weighted by Gasteiger charge is 2.16. The van der Waals surface area contributed by atoms with Gasteiger partial charge in [0.25, 0.3) is 5.91 Å². The summed E-state index contributed by atoms with van der Waals surface area (Å²) < 4.78 is 4.60. The Kier molecular flexibility index (Phi) is 4.97. The molecule has 0 atom stereocenters. The zero-order chi connectivity index (χ0) is 19.5. The molecule has 0 radical (unpaired) electrons. The maximum atomic E-state index is 12.9. The smallest absolute Gasteiger partial charge is 0.372 e. The van der Waals surface area contributed by atoms with Gasteiger partial charge in [-0.25, -0.2) is 4.79 Å². The summed E-state index contributed by atoms with van der Waals surface area (Å²) in [6.45, 7) is 3.97. The molecule has 7 nitrogen and oxygen atoms in total. The number of hydrogen-bond acceptors (Lipinski definition) is 5. The predicted octanol–water partition coefficient (Wildman–Crippen LogP) is 3.58. The minimum atomic E-state index is -0.637. The number of carbonyl (C=O) groups excluding carboxylic acids is 1. The Bertz CT molecular complexity index is 1050. The van der Waals surface area contributed by atoms with Crippen LogP contribution in [0.1, 0.15) is 35.2 Å². The van der Waals surface area contributed by atoms with E-state index in [0.29, 0.717) is 16.8 Å². The molecule has 0 saturated carbocycles. The Balaban J connectivity index is 1.60. The first-order chi connectivity index (χ1) is 13.6. The molecule has 2 N–H and O–H groups in total. The van der Waals surface area contributed by atoms with E-state index in [1.807, 2.05) is 37.3 Å². The second-order valence-corrected chi connectivity index (χ2v) is 7.04. The summed E-state index contributed by atoms with van der Waals surface area (Å²) in [6, 6.07) is 13.2. The first-order valence-electron chi connectivity index (χ1n) is 9.43. The van der Waals surface area contributed by atoms with Crippen LogP contribution < -0.4 is 16.0 Å². The minimum absolute atomic E-state index is 0.212. The standard InChI is InChI=1S/C21H22N4O3/c1-14-8-9-17(19-23-21(27)28-24-19)18(12-14)22-20(26)15-6-5-7-16(13-15)25-10-3-2-4-11-25/h5-9,12-13H,2-4,10-11H2,1H3,(H,22,26)(H,23,24,27). The molecule has 3 aromatic rings. The van der Waals surface area contributed by atoms with Crippen LogP contribution in [0.4, 0.5) is 11.4 Å². The van der Waals surface area contributed by atoms with E-state index in [4.69, 9.17) is 0 Å². The lowest BCUT2D eigenvalue weighted by molar-refractivity contribution is 0.102. The number of H-pyrrole nitrogens is 1. The summed E-state index contributed by atoms with van der Waals surface area (Å²) in [4.78, 5) is 29.0. The third kappa shape index (κ3) is 3.83. The molecule has 4 rings (SSSR count). The molecule has 28 heavy (non-hydrogen) atoms. The lowest BCUT2D eigenvalue weighted by atomic mass is 10.1. The van der Waals surface area contributed by atoms with E-state index < -0.39 is 5.76 Å². The molecule has 144 valence electrons. The third-order valence-corrected chi connectivity index (χ3v) is 4.95. The third-order valence-electron chi connectivity index (χ3n) is 4.95. The topological polar surface area (TPSA) is 91.2 Å². The summed E-state index contributed by atoms with van der Waals surface area (Å²) in [7, 11) is 0. The van der Waals surface area contributed by atoms with E-state index in [1.54, 1.807) is 12.1 Å². The minimum Gasteiger partial charge on any atom is -0.372 e. The van der Waals surface area contributed by atoms with E-state index >= 15 is 0 Å². The van der Waals surface area contributed by atoms with E-state index in [0.717, 1.165) is 24.3 Å². The Morgan fingerprint density at radius 2 is 1.96 bits per heavy atom. The second-order valence-electron chi connectivity index (χ2n) is 7.04. The summed E-state index contributed by atoms with van der Waals surface area (Å²) >= 11 is 0. The van der Waals surface area contributed by atoms with Crippen LogP contribution in [-0.2, 0) is 0 Å². The van der Waals surface area contributed by atoms with Crippen molar-refractivity contribution in [3.05, 3.63) is 64.1 Å². The molecule has 1 fully saturated rings. The zero-order valence-corrected chi connectivity index (χ0v) is 15.7. The molecule has 1 amide bonds. The lowest BCUT2D eigenvalue weighted by Crippen LogP contribution is -2.29. The van der Waals surface area contributed by atoms with Gasteiger partial charge in [0.1, 0.15) is 0 Å². The maximum Gasteiger partial charge on any atom is 0.439 e. The number of piperidine rings is 1. The highest BCUT2D eigenvalue weighted by molar-refractivity contribution is 6.06. The van der Waals surface area contributed by atoms with Crippen LogP contribution >= 0.6 is 0 Å². The van der Waals surface area contributed by atoms with Gasteiger partial charge in [0.05, 0.1) is 5.69 Å². The van der Waals surface area contributed by atoms with E-state index in [2.05, 4.69) is 24.9 Å². The largest absolute Gasteiger partial charge is 0.439 e. The van der Waals surface area contributed by atoms with E-state index in [-0.39, 0.29) is 11.7 Å². The van der Waals surface area contributed by atoms with Crippen molar-refractivity contribution in [2.75, 3.05) is 23.3 Å². The van der Waals surface area contributed by atoms with Crippen LogP contribution in [0.5, 0.6) is 0 Å². The summed E-state index contributed by atoms with van der Waals surface area (Å²) in [5.74, 6) is -0.569. The van der Waals surface area contributed by atoms with Gasteiger partial charge in [0.2, 0.25) is 0 Å². The van der Waals surface area contributed by atoms with Gasteiger partial charge in [-0.2, -0.15) is 0 Å². The van der Waals surface area contributed by atoms with E-state index in [1.165, 1.54) is 19.3 Å². The Morgan fingerprint density at radius 3 is 2.71 bits per heavy atom. The van der Waals surface area contributed by atoms with Gasteiger partial charge in [-0.1, -0.05) is 17.3 Å². The molecular formula is C21H22N4O3. The van der Waals surface area contributed by atoms with Gasteiger partial charge in [-0.05, 0) is 62.1 Å². The molecule has 1 aliphatic rings. The van der Waals surface area contributed by atoms with Gasteiger partial charge < -0.3 is 10.2 Å². The van der Waals surface area contributed by atoms with Crippen molar-refractivity contribution in [2.24, 2.45) is 0 Å². The van der Waals surface area contributed by atoms with Crippen molar-refractivity contribution in [3.63, 3.8) is 0 Å². The normalized spacial score (nSPS) is 14.1. The average Bonchev–Trinajstić information content (AvgIpc) is 3.15. The number of rotatable bonds is 4. The molecule has 1 saturated heterocycles. The van der Waals surface area contributed by atoms with Crippen LogP contribution in [0.25, 0.3) is 11.4 Å². The SMILES string of the molecule is Cc1ccc(-c2noc(=O)[nH]2)c(NC(=O)c2cccc(N3CCCCC3)c2)c1. The molecule has 2 aromatic carbocycles. The monoisotopic (exact) mass is 378 g/mol. The summed E-state index contributed by atoms with van der Waals surface area (Å²) in [5.41, 5.74) is 3.80. The van der Waals surface area contributed by atoms with Crippen molar-refractivity contribution in [1.29, 1.82) is 0 Å². The molecule has 7 heteroatoms. The van der Waals surface area contributed by atoms with Crippen LogP contribution in [0.15, 0.2) is 51.8 Å². The van der Waals surface area contributed by atoms with Crippen LogP contribution in [0, 0.1) is 6.92 Å². The highest BCUT2D eigenvalue weighted by Crippen LogP contribution is 2.27. The van der Waals surface area contributed by atoms with Crippen molar-refractivity contribution in [1.82, 2.24) is 10.1 Å². The molecular weight excluding hydrogens is 356 g/mol. The average molecular weight is 378 g/mol. The predicted molar refractivity (Wildman–Crippen MR) is 108 cm³/mol. The van der Waals surface area contributed by atoms with Crippen molar-refractivity contribution < 1.29 is 9.32 Å². The van der Waals surface area contributed by atoms with Gasteiger partial charge >= 0.3 is 5.76 Å². The second kappa shape index (κ2) is 7.72.